The SMILES string of the molecule is CCC(C)C(C)C(=O)Nc1ccc(C(C)(C)C(=O)O)cc1. The lowest BCUT2D eigenvalue weighted by Crippen LogP contribution is -2.28. The first-order chi connectivity index (χ1) is 9.70. The third kappa shape index (κ3) is 4.06. The molecule has 116 valence electrons. The maximum atomic E-state index is 12.1. The van der Waals surface area contributed by atoms with Gasteiger partial charge in [-0.15, -0.1) is 0 Å². The van der Waals surface area contributed by atoms with E-state index in [-0.39, 0.29) is 11.8 Å². The van der Waals surface area contributed by atoms with E-state index in [2.05, 4.69) is 19.2 Å². The van der Waals surface area contributed by atoms with Gasteiger partial charge in [-0.25, -0.2) is 0 Å². The lowest BCUT2D eigenvalue weighted by atomic mass is 9.85. The van der Waals surface area contributed by atoms with Crippen molar-refractivity contribution < 1.29 is 14.7 Å². The van der Waals surface area contributed by atoms with Gasteiger partial charge in [0.2, 0.25) is 5.91 Å². The summed E-state index contributed by atoms with van der Waals surface area (Å²) in [6, 6.07) is 7.00. The first-order valence-electron chi connectivity index (χ1n) is 7.35. The van der Waals surface area contributed by atoms with Crippen molar-refractivity contribution in [1.82, 2.24) is 0 Å². The zero-order valence-electron chi connectivity index (χ0n) is 13.4. The number of benzene rings is 1. The zero-order chi connectivity index (χ0) is 16.2. The maximum Gasteiger partial charge on any atom is 0.313 e. The molecule has 0 aliphatic rings. The Morgan fingerprint density at radius 3 is 2.14 bits per heavy atom. The van der Waals surface area contributed by atoms with E-state index < -0.39 is 11.4 Å². The summed E-state index contributed by atoms with van der Waals surface area (Å²) in [5, 5.41) is 12.1. The fourth-order valence-corrected chi connectivity index (χ4v) is 1.96. The third-order valence-electron chi connectivity index (χ3n) is 4.32. The molecule has 0 bridgehead atoms. The number of aliphatic carboxylic acids is 1. The van der Waals surface area contributed by atoms with E-state index in [1.165, 1.54) is 0 Å². The Hall–Kier alpha value is -1.84. The average Bonchev–Trinajstić information content (AvgIpc) is 2.45. The van der Waals surface area contributed by atoms with Gasteiger partial charge in [0.1, 0.15) is 0 Å². The Bertz CT molecular complexity index is 505. The van der Waals surface area contributed by atoms with Crippen LogP contribution in [0.5, 0.6) is 0 Å². The van der Waals surface area contributed by atoms with Crippen molar-refractivity contribution in [3.05, 3.63) is 29.8 Å². The zero-order valence-corrected chi connectivity index (χ0v) is 13.4. The monoisotopic (exact) mass is 291 g/mol. The van der Waals surface area contributed by atoms with Crippen LogP contribution in [-0.4, -0.2) is 17.0 Å². The van der Waals surface area contributed by atoms with Crippen molar-refractivity contribution >= 4 is 17.6 Å². The molecule has 0 radical (unpaired) electrons. The minimum Gasteiger partial charge on any atom is -0.481 e. The number of hydrogen-bond donors (Lipinski definition) is 2. The molecular formula is C17H25NO3. The van der Waals surface area contributed by atoms with Crippen LogP contribution in [0, 0.1) is 11.8 Å². The van der Waals surface area contributed by atoms with Crippen LogP contribution in [0.15, 0.2) is 24.3 Å². The lowest BCUT2D eigenvalue weighted by molar-refractivity contribution is -0.142. The molecule has 1 amide bonds. The van der Waals surface area contributed by atoms with E-state index in [1.54, 1.807) is 38.1 Å². The Kier molecular flexibility index (Phi) is 5.53. The molecule has 0 aliphatic heterocycles. The minimum absolute atomic E-state index is 0.00500. The third-order valence-corrected chi connectivity index (χ3v) is 4.32. The first kappa shape index (κ1) is 17.2. The number of anilines is 1. The Morgan fingerprint density at radius 1 is 1.19 bits per heavy atom. The quantitative estimate of drug-likeness (QED) is 0.840. The molecule has 0 fully saturated rings. The van der Waals surface area contributed by atoms with Gasteiger partial charge in [0.25, 0.3) is 0 Å². The summed E-state index contributed by atoms with van der Waals surface area (Å²) in [4.78, 5) is 23.3. The van der Waals surface area contributed by atoms with Gasteiger partial charge in [0.05, 0.1) is 5.41 Å². The summed E-state index contributed by atoms with van der Waals surface area (Å²) in [6.45, 7) is 9.37. The molecule has 21 heavy (non-hydrogen) atoms. The van der Waals surface area contributed by atoms with E-state index in [0.29, 0.717) is 17.2 Å². The Balaban J connectivity index is 2.80. The molecule has 0 saturated heterocycles. The van der Waals surface area contributed by atoms with Crippen LogP contribution in [-0.2, 0) is 15.0 Å². The number of carbonyl (C=O) groups is 2. The predicted octanol–water partition coefficient (Wildman–Crippen LogP) is 3.67. The fourth-order valence-electron chi connectivity index (χ4n) is 1.96. The van der Waals surface area contributed by atoms with E-state index in [4.69, 9.17) is 0 Å². The molecule has 1 rings (SSSR count). The van der Waals surface area contributed by atoms with Crippen molar-refractivity contribution in [2.24, 2.45) is 11.8 Å². The van der Waals surface area contributed by atoms with Gasteiger partial charge >= 0.3 is 5.97 Å². The van der Waals surface area contributed by atoms with Gasteiger partial charge in [-0.1, -0.05) is 39.3 Å². The maximum absolute atomic E-state index is 12.1. The van der Waals surface area contributed by atoms with Gasteiger partial charge in [0, 0.05) is 11.6 Å². The summed E-state index contributed by atoms with van der Waals surface area (Å²) >= 11 is 0. The molecule has 4 nitrogen and oxygen atoms in total. The first-order valence-corrected chi connectivity index (χ1v) is 7.35. The molecule has 1 aromatic rings. The highest BCUT2D eigenvalue weighted by atomic mass is 16.4. The highest BCUT2D eigenvalue weighted by molar-refractivity contribution is 5.92. The Labute approximate surface area is 126 Å². The van der Waals surface area contributed by atoms with Gasteiger partial charge < -0.3 is 10.4 Å². The van der Waals surface area contributed by atoms with Gasteiger partial charge in [-0.05, 0) is 37.5 Å². The van der Waals surface area contributed by atoms with Crippen LogP contribution in [0.25, 0.3) is 0 Å². The van der Waals surface area contributed by atoms with E-state index >= 15 is 0 Å². The number of carboxylic acids is 1. The van der Waals surface area contributed by atoms with Crippen LogP contribution in [0.2, 0.25) is 0 Å². The number of hydrogen-bond acceptors (Lipinski definition) is 2. The van der Waals surface area contributed by atoms with Crippen molar-refractivity contribution in [3.63, 3.8) is 0 Å². The highest BCUT2D eigenvalue weighted by Crippen LogP contribution is 2.25. The van der Waals surface area contributed by atoms with Crippen molar-refractivity contribution in [1.29, 1.82) is 0 Å². The minimum atomic E-state index is -0.938. The predicted molar refractivity (Wildman–Crippen MR) is 84.4 cm³/mol. The summed E-state index contributed by atoms with van der Waals surface area (Å²) in [5.74, 6) is -0.598. The van der Waals surface area contributed by atoms with Gasteiger partial charge in [-0.2, -0.15) is 0 Å². The molecule has 0 heterocycles. The second kappa shape index (κ2) is 6.74. The summed E-state index contributed by atoms with van der Waals surface area (Å²) in [6.07, 6.45) is 0.959. The summed E-state index contributed by atoms with van der Waals surface area (Å²) < 4.78 is 0. The topological polar surface area (TPSA) is 66.4 Å². The van der Waals surface area contributed by atoms with Crippen molar-refractivity contribution in [3.8, 4) is 0 Å². The van der Waals surface area contributed by atoms with E-state index in [9.17, 15) is 14.7 Å². The average molecular weight is 291 g/mol. The van der Waals surface area contributed by atoms with Crippen LogP contribution in [0.3, 0.4) is 0 Å². The Morgan fingerprint density at radius 2 is 1.71 bits per heavy atom. The normalized spacial score (nSPS) is 14.3. The standard InChI is InChI=1S/C17H25NO3/c1-6-11(2)12(3)15(19)18-14-9-7-13(8-10-14)17(4,5)16(20)21/h7-12H,6H2,1-5H3,(H,18,19)(H,20,21). The summed E-state index contributed by atoms with van der Waals surface area (Å²) in [7, 11) is 0. The van der Waals surface area contributed by atoms with Crippen LogP contribution in [0.4, 0.5) is 5.69 Å². The molecule has 2 unspecified atom stereocenters. The van der Waals surface area contributed by atoms with Crippen molar-refractivity contribution in [2.45, 2.75) is 46.5 Å². The van der Waals surface area contributed by atoms with Gasteiger partial charge in [-0.3, -0.25) is 9.59 Å². The van der Waals surface area contributed by atoms with Gasteiger partial charge in [0.15, 0.2) is 0 Å². The number of carboxylic acid groups (broad SMARTS) is 1. The number of amides is 1. The molecule has 4 heteroatoms. The van der Waals surface area contributed by atoms with E-state index in [0.717, 1.165) is 6.42 Å². The number of carbonyl (C=O) groups excluding carboxylic acids is 1. The van der Waals surface area contributed by atoms with E-state index in [1.807, 2.05) is 6.92 Å². The molecule has 0 aliphatic carbocycles. The number of nitrogens with one attached hydrogen (secondary N) is 1. The molecule has 2 atom stereocenters. The number of rotatable bonds is 6. The second-order valence-corrected chi connectivity index (χ2v) is 6.17. The molecular weight excluding hydrogens is 266 g/mol. The van der Waals surface area contributed by atoms with Crippen molar-refractivity contribution in [2.75, 3.05) is 5.32 Å². The van der Waals surface area contributed by atoms with Crippen LogP contribution in [0.1, 0.15) is 46.6 Å². The highest BCUT2D eigenvalue weighted by Gasteiger charge is 2.29. The largest absolute Gasteiger partial charge is 0.481 e. The molecule has 0 saturated carbocycles. The van der Waals surface area contributed by atoms with Crippen LogP contribution < -0.4 is 5.32 Å². The second-order valence-electron chi connectivity index (χ2n) is 6.17. The summed E-state index contributed by atoms with van der Waals surface area (Å²) in [5.41, 5.74) is 0.468. The smallest absolute Gasteiger partial charge is 0.313 e. The van der Waals surface area contributed by atoms with Crippen LogP contribution >= 0.6 is 0 Å². The fraction of sp³-hybridized carbons (Fsp3) is 0.529. The molecule has 0 aromatic heterocycles. The molecule has 1 aromatic carbocycles. The molecule has 2 N–H and O–H groups in total. The molecule has 0 spiro atoms. The lowest BCUT2D eigenvalue weighted by Gasteiger charge is -2.21.